The Morgan fingerprint density at radius 2 is 2.38 bits per heavy atom. The van der Waals surface area contributed by atoms with E-state index in [2.05, 4.69) is 4.98 Å². The number of methoxy groups -OCH3 is 1. The van der Waals surface area contributed by atoms with Crippen molar-refractivity contribution in [1.82, 2.24) is 9.88 Å². The molecular weight excluding hydrogens is 328 g/mol. The highest BCUT2D eigenvalue weighted by molar-refractivity contribution is 6.30. The number of hydrogen-bond acceptors (Lipinski definition) is 4. The number of carbonyl (C=O) groups excluding carboxylic acids is 1. The van der Waals surface area contributed by atoms with E-state index >= 15 is 0 Å². The van der Waals surface area contributed by atoms with Crippen molar-refractivity contribution in [1.29, 1.82) is 0 Å². The summed E-state index contributed by atoms with van der Waals surface area (Å²) in [6.07, 6.45) is 4.36. The van der Waals surface area contributed by atoms with Gasteiger partial charge in [-0.25, -0.2) is 4.98 Å². The summed E-state index contributed by atoms with van der Waals surface area (Å²) in [6, 6.07) is 7.72. The Hall–Kier alpha value is -1.85. The number of piperidine rings is 1. The van der Waals surface area contributed by atoms with E-state index in [0.29, 0.717) is 23.9 Å². The third-order valence-electron chi connectivity index (χ3n) is 4.23. The van der Waals surface area contributed by atoms with Gasteiger partial charge in [0.15, 0.2) is 5.89 Å². The molecular formula is C18H21ClN2O3. The van der Waals surface area contributed by atoms with Gasteiger partial charge >= 0.3 is 0 Å². The van der Waals surface area contributed by atoms with Crippen molar-refractivity contribution in [2.75, 3.05) is 26.8 Å². The van der Waals surface area contributed by atoms with E-state index in [9.17, 15) is 4.79 Å². The van der Waals surface area contributed by atoms with Gasteiger partial charge in [-0.3, -0.25) is 4.79 Å². The molecule has 6 heteroatoms. The van der Waals surface area contributed by atoms with Gasteiger partial charge in [-0.05, 0) is 30.5 Å². The van der Waals surface area contributed by atoms with E-state index in [0.717, 1.165) is 30.7 Å². The molecule has 0 spiro atoms. The van der Waals surface area contributed by atoms with E-state index in [1.807, 2.05) is 29.2 Å². The highest BCUT2D eigenvalue weighted by Gasteiger charge is 2.27. The van der Waals surface area contributed by atoms with Crippen LogP contribution in [0.2, 0.25) is 5.02 Å². The van der Waals surface area contributed by atoms with Crippen LogP contribution in [0, 0.1) is 0 Å². The van der Waals surface area contributed by atoms with Gasteiger partial charge < -0.3 is 14.1 Å². The number of ether oxygens (including phenoxy) is 1. The van der Waals surface area contributed by atoms with Crippen molar-refractivity contribution in [3.05, 3.63) is 52.7 Å². The predicted molar refractivity (Wildman–Crippen MR) is 91.2 cm³/mol. The average molecular weight is 349 g/mol. The number of carbonyl (C=O) groups is 1. The molecule has 5 nitrogen and oxygen atoms in total. The van der Waals surface area contributed by atoms with E-state index in [1.54, 1.807) is 6.20 Å². The van der Waals surface area contributed by atoms with Crippen molar-refractivity contribution in [2.45, 2.75) is 25.2 Å². The van der Waals surface area contributed by atoms with Crippen molar-refractivity contribution in [3.8, 4) is 0 Å². The number of halogens is 1. The van der Waals surface area contributed by atoms with Crippen LogP contribution in [0.15, 0.2) is 34.9 Å². The van der Waals surface area contributed by atoms with Crippen LogP contribution in [-0.4, -0.2) is 42.6 Å². The Morgan fingerprint density at radius 3 is 3.17 bits per heavy atom. The number of aromatic nitrogens is 1. The fourth-order valence-electron chi connectivity index (χ4n) is 3.06. The number of benzene rings is 1. The second-order valence-electron chi connectivity index (χ2n) is 6.08. The number of likely N-dealkylation sites (tertiary alicyclic amines) is 1. The zero-order valence-corrected chi connectivity index (χ0v) is 14.5. The summed E-state index contributed by atoms with van der Waals surface area (Å²) < 4.78 is 10.9. The minimum absolute atomic E-state index is 0.0212. The van der Waals surface area contributed by atoms with Crippen molar-refractivity contribution < 1.29 is 13.9 Å². The Balaban J connectivity index is 1.65. The molecule has 1 aliphatic rings. The summed E-state index contributed by atoms with van der Waals surface area (Å²) in [6.45, 7) is 1.53. The van der Waals surface area contributed by atoms with Crippen LogP contribution in [-0.2, 0) is 16.0 Å². The largest absolute Gasteiger partial charge is 0.445 e. The lowest BCUT2D eigenvalue weighted by molar-refractivity contribution is -0.136. The summed E-state index contributed by atoms with van der Waals surface area (Å²) in [5.74, 6) is 1.69. The second-order valence-corrected chi connectivity index (χ2v) is 6.52. The van der Waals surface area contributed by atoms with Gasteiger partial charge in [0.25, 0.3) is 0 Å². The molecule has 1 atom stereocenters. The van der Waals surface area contributed by atoms with Gasteiger partial charge in [0.05, 0.1) is 12.1 Å². The van der Waals surface area contributed by atoms with Gasteiger partial charge in [-0.1, -0.05) is 23.7 Å². The van der Waals surface area contributed by atoms with Gasteiger partial charge in [-0.2, -0.15) is 0 Å². The topological polar surface area (TPSA) is 55.6 Å². The molecule has 0 N–H and O–H groups in total. The van der Waals surface area contributed by atoms with E-state index < -0.39 is 0 Å². The summed E-state index contributed by atoms with van der Waals surface area (Å²) in [5.41, 5.74) is 1.09. The molecule has 0 saturated carbocycles. The molecule has 128 valence electrons. The molecule has 1 saturated heterocycles. The minimum atomic E-state index is 0.0212. The molecule has 1 aromatic carbocycles. The summed E-state index contributed by atoms with van der Waals surface area (Å²) in [4.78, 5) is 18.3. The third kappa shape index (κ3) is 4.16. The molecule has 0 bridgehead atoms. The first-order valence-electron chi connectivity index (χ1n) is 8.11. The molecule has 1 aliphatic heterocycles. The van der Waals surface area contributed by atoms with E-state index in [1.165, 1.54) is 7.11 Å². The van der Waals surface area contributed by atoms with Crippen LogP contribution in [0.25, 0.3) is 0 Å². The van der Waals surface area contributed by atoms with Crippen LogP contribution in [0.3, 0.4) is 0 Å². The fourth-order valence-corrected chi connectivity index (χ4v) is 3.27. The molecule has 24 heavy (non-hydrogen) atoms. The molecule has 1 fully saturated rings. The number of rotatable bonds is 5. The number of oxazole rings is 1. The van der Waals surface area contributed by atoms with Gasteiger partial charge in [0.1, 0.15) is 12.4 Å². The van der Waals surface area contributed by atoms with Gasteiger partial charge in [-0.15, -0.1) is 0 Å². The van der Waals surface area contributed by atoms with Gasteiger partial charge in [0.2, 0.25) is 5.91 Å². The molecule has 1 aromatic heterocycles. The quantitative estimate of drug-likeness (QED) is 0.832. The molecule has 1 amide bonds. The smallest absolute Gasteiger partial charge is 0.248 e. The first kappa shape index (κ1) is 17.0. The standard InChI is InChI=1S/C18H21ClN2O3/c1-23-12-17(22)21-7-3-5-14(11-21)18-20-10-16(24-18)9-13-4-2-6-15(19)8-13/h2,4,6,8,10,14H,3,5,7,9,11-12H2,1H3/t14-/m1/s1. The maximum atomic E-state index is 12.0. The van der Waals surface area contributed by atoms with Crippen molar-refractivity contribution in [3.63, 3.8) is 0 Å². The Labute approximate surface area is 146 Å². The van der Waals surface area contributed by atoms with Crippen LogP contribution in [0.4, 0.5) is 0 Å². The summed E-state index contributed by atoms with van der Waals surface area (Å²) in [7, 11) is 1.54. The Bertz CT molecular complexity index is 701. The van der Waals surface area contributed by atoms with Crippen LogP contribution in [0.5, 0.6) is 0 Å². The van der Waals surface area contributed by atoms with Crippen molar-refractivity contribution >= 4 is 17.5 Å². The van der Waals surface area contributed by atoms with E-state index in [-0.39, 0.29) is 18.4 Å². The average Bonchev–Trinajstić information content (AvgIpc) is 3.04. The highest BCUT2D eigenvalue weighted by Crippen LogP contribution is 2.27. The number of hydrogen-bond donors (Lipinski definition) is 0. The molecule has 2 aromatic rings. The molecule has 0 unspecified atom stereocenters. The number of amides is 1. The first-order chi connectivity index (χ1) is 11.7. The maximum absolute atomic E-state index is 12.0. The van der Waals surface area contributed by atoms with Gasteiger partial charge in [0, 0.05) is 31.6 Å². The Kier molecular flexibility index (Phi) is 5.53. The van der Waals surface area contributed by atoms with Crippen LogP contribution >= 0.6 is 11.6 Å². The highest BCUT2D eigenvalue weighted by atomic mass is 35.5. The third-order valence-corrected chi connectivity index (χ3v) is 4.47. The molecule has 2 heterocycles. The zero-order chi connectivity index (χ0) is 16.9. The lowest BCUT2D eigenvalue weighted by Gasteiger charge is -2.31. The lowest BCUT2D eigenvalue weighted by Crippen LogP contribution is -2.40. The first-order valence-corrected chi connectivity index (χ1v) is 8.49. The minimum Gasteiger partial charge on any atom is -0.445 e. The normalized spacial score (nSPS) is 17.9. The van der Waals surface area contributed by atoms with Crippen LogP contribution < -0.4 is 0 Å². The van der Waals surface area contributed by atoms with E-state index in [4.69, 9.17) is 20.8 Å². The maximum Gasteiger partial charge on any atom is 0.248 e. The Morgan fingerprint density at radius 1 is 1.50 bits per heavy atom. The SMILES string of the molecule is COCC(=O)N1CCC[C@@H](c2ncc(Cc3cccc(Cl)c3)o2)C1. The molecule has 0 radical (unpaired) electrons. The summed E-state index contributed by atoms with van der Waals surface area (Å²) in [5, 5.41) is 0.715. The van der Waals surface area contributed by atoms with Crippen LogP contribution in [0.1, 0.15) is 36.0 Å². The second kappa shape index (κ2) is 7.81. The zero-order valence-electron chi connectivity index (χ0n) is 13.7. The molecule has 3 rings (SSSR count). The van der Waals surface area contributed by atoms with Crippen molar-refractivity contribution in [2.24, 2.45) is 0 Å². The predicted octanol–water partition coefficient (Wildman–Crippen LogP) is 3.27. The lowest BCUT2D eigenvalue weighted by atomic mass is 9.98. The molecule has 0 aliphatic carbocycles. The monoisotopic (exact) mass is 348 g/mol. The summed E-state index contributed by atoms with van der Waals surface area (Å²) >= 11 is 6.02. The number of nitrogens with zero attached hydrogens (tertiary/aromatic N) is 2. The fraction of sp³-hybridized carbons (Fsp3) is 0.444.